The highest BCUT2D eigenvalue weighted by Crippen LogP contribution is 2.33. The van der Waals surface area contributed by atoms with Crippen LogP contribution in [-0.2, 0) is 7.05 Å². The SMILES string of the molecule is Cn1cccc1-c1cccc2cccc(Br)c12. The van der Waals surface area contributed by atoms with E-state index >= 15 is 0 Å². The minimum Gasteiger partial charge on any atom is -0.351 e. The predicted molar refractivity (Wildman–Crippen MR) is 76.1 cm³/mol. The van der Waals surface area contributed by atoms with Crippen LogP contribution >= 0.6 is 15.9 Å². The fraction of sp³-hybridized carbons (Fsp3) is 0.0667. The number of rotatable bonds is 1. The first-order valence-electron chi connectivity index (χ1n) is 5.56. The van der Waals surface area contributed by atoms with Gasteiger partial charge in [0.05, 0.1) is 0 Å². The highest BCUT2D eigenvalue weighted by atomic mass is 79.9. The molecule has 2 aromatic carbocycles. The number of fused-ring (bicyclic) bond motifs is 1. The lowest BCUT2D eigenvalue weighted by Crippen LogP contribution is -1.90. The Morgan fingerprint density at radius 2 is 1.71 bits per heavy atom. The number of hydrogen-bond acceptors (Lipinski definition) is 0. The van der Waals surface area contributed by atoms with Crippen molar-refractivity contribution in [3.8, 4) is 11.3 Å². The van der Waals surface area contributed by atoms with Gasteiger partial charge in [0.1, 0.15) is 0 Å². The van der Waals surface area contributed by atoms with Gasteiger partial charge in [-0.2, -0.15) is 0 Å². The topological polar surface area (TPSA) is 4.93 Å². The Kier molecular flexibility index (Phi) is 2.52. The molecule has 0 atom stereocenters. The van der Waals surface area contributed by atoms with E-state index in [2.05, 4.69) is 82.3 Å². The van der Waals surface area contributed by atoms with E-state index in [1.54, 1.807) is 0 Å². The van der Waals surface area contributed by atoms with E-state index in [0.717, 1.165) is 4.47 Å². The Morgan fingerprint density at radius 1 is 0.941 bits per heavy atom. The van der Waals surface area contributed by atoms with Gasteiger partial charge >= 0.3 is 0 Å². The summed E-state index contributed by atoms with van der Waals surface area (Å²) in [5, 5.41) is 2.54. The minimum atomic E-state index is 1.15. The van der Waals surface area contributed by atoms with Crippen molar-refractivity contribution in [1.82, 2.24) is 4.57 Å². The zero-order valence-electron chi connectivity index (χ0n) is 9.52. The Morgan fingerprint density at radius 3 is 2.41 bits per heavy atom. The predicted octanol–water partition coefficient (Wildman–Crippen LogP) is 4.61. The molecule has 17 heavy (non-hydrogen) atoms. The van der Waals surface area contributed by atoms with E-state index < -0.39 is 0 Å². The van der Waals surface area contributed by atoms with Crippen LogP contribution in [0.4, 0.5) is 0 Å². The molecule has 0 saturated carbocycles. The Bertz CT molecular complexity index is 677. The lowest BCUT2D eigenvalue weighted by molar-refractivity contribution is 0.938. The van der Waals surface area contributed by atoms with Gasteiger partial charge in [0, 0.05) is 34.4 Å². The molecule has 0 fully saturated rings. The Hall–Kier alpha value is -1.54. The monoisotopic (exact) mass is 285 g/mol. The van der Waals surface area contributed by atoms with Gasteiger partial charge in [-0.1, -0.05) is 46.3 Å². The van der Waals surface area contributed by atoms with Crippen LogP contribution in [0.2, 0.25) is 0 Å². The van der Waals surface area contributed by atoms with E-state index in [1.165, 1.54) is 22.0 Å². The van der Waals surface area contributed by atoms with Crippen LogP contribution in [0.1, 0.15) is 0 Å². The van der Waals surface area contributed by atoms with Gasteiger partial charge in [0.2, 0.25) is 0 Å². The fourth-order valence-corrected chi connectivity index (χ4v) is 2.84. The summed E-state index contributed by atoms with van der Waals surface area (Å²) >= 11 is 3.65. The maximum absolute atomic E-state index is 3.65. The molecule has 3 aromatic rings. The van der Waals surface area contributed by atoms with E-state index in [1.807, 2.05) is 0 Å². The summed E-state index contributed by atoms with van der Waals surface area (Å²) in [6.07, 6.45) is 2.07. The fourth-order valence-electron chi connectivity index (χ4n) is 2.25. The van der Waals surface area contributed by atoms with Crippen LogP contribution in [0, 0.1) is 0 Å². The molecular weight excluding hydrogens is 274 g/mol. The number of halogens is 1. The van der Waals surface area contributed by atoms with Gasteiger partial charge in [-0.15, -0.1) is 0 Å². The molecule has 0 N–H and O–H groups in total. The largest absolute Gasteiger partial charge is 0.351 e. The van der Waals surface area contributed by atoms with Crippen molar-refractivity contribution in [2.24, 2.45) is 7.05 Å². The summed E-state index contributed by atoms with van der Waals surface area (Å²) < 4.78 is 3.29. The first-order chi connectivity index (χ1) is 8.27. The normalized spacial score (nSPS) is 10.9. The molecule has 0 radical (unpaired) electrons. The van der Waals surface area contributed by atoms with Crippen LogP contribution in [0.5, 0.6) is 0 Å². The second kappa shape index (κ2) is 4.04. The molecular formula is C15H12BrN. The first-order valence-corrected chi connectivity index (χ1v) is 6.35. The highest BCUT2D eigenvalue weighted by Gasteiger charge is 2.08. The molecule has 0 spiro atoms. The average molecular weight is 286 g/mol. The lowest BCUT2D eigenvalue weighted by Gasteiger charge is -2.09. The van der Waals surface area contributed by atoms with E-state index in [0.29, 0.717) is 0 Å². The van der Waals surface area contributed by atoms with Gasteiger partial charge < -0.3 is 4.57 Å². The number of benzene rings is 2. The van der Waals surface area contributed by atoms with Crippen molar-refractivity contribution in [3.63, 3.8) is 0 Å². The summed E-state index contributed by atoms with van der Waals surface area (Å²) in [5.74, 6) is 0. The summed E-state index contributed by atoms with van der Waals surface area (Å²) in [7, 11) is 2.07. The van der Waals surface area contributed by atoms with Crippen LogP contribution in [0.25, 0.3) is 22.0 Å². The van der Waals surface area contributed by atoms with Gasteiger partial charge in [0.25, 0.3) is 0 Å². The van der Waals surface area contributed by atoms with Crippen molar-refractivity contribution < 1.29 is 0 Å². The van der Waals surface area contributed by atoms with Gasteiger partial charge in [-0.3, -0.25) is 0 Å². The quantitative estimate of drug-likeness (QED) is 0.615. The number of nitrogens with zero attached hydrogens (tertiary/aromatic N) is 1. The molecule has 0 aliphatic rings. The minimum absolute atomic E-state index is 1.15. The van der Waals surface area contributed by atoms with E-state index in [4.69, 9.17) is 0 Å². The van der Waals surface area contributed by atoms with Crippen LogP contribution in [0.15, 0.2) is 59.2 Å². The maximum atomic E-state index is 3.65. The van der Waals surface area contributed by atoms with Crippen LogP contribution < -0.4 is 0 Å². The lowest BCUT2D eigenvalue weighted by atomic mass is 10.0. The third kappa shape index (κ3) is 1.69. The Labute approximate surface area is 109 Å². The summed E-state index contributed by atoms with van der Waals surface area (Å²) in [4.78, 5) is 0. The van der Waals surface area contributed by atoms with E-state index in [9.17, 15) is 0 Å². The molecule has 0 amide bonds. The molecule has 0 saturated heterocycles. The molecule has 84 valence electrons. The highest BCUT2D eigenvalue weighted by molar-refractivity contribution is 9.10. The molecule has 1 heterocycles. The van der Waals surface area contributed by atoms with Gasteiger partial charge in [-0.25, -0.2) is 0 Å². The third-order valence-corrected chi connectivity index (χ3v) is 3.73. The van der Waals surface area contributed by atoms with E-state index in [-0.39, 0.29) is 0 Å². The zero-order chi connectivity index (χ0) is 11.8. The smallest absolute Gasteiger partial charge is 0.0484 e. The van der Waals surface area contributed by atoms with Crippen molar-refractivity contribution in [3.05, 3.63) is 59.2 Å². The summed E-state index contributed by atoms with van der Waals surface area (Å²) in [5.41, 5.74) is 2.50. The standard InChI is InChI=1S/C15H12BrN/c1-17-10-4-9-14(17)12-7-2-5-11-6-3-8-13(16)15(11)12/h2-10H,1H3. The molecule has 1 nitrogen and oxygen atoms in total. The molecule has 0 unspecified atom stereocenters. The second-order valence-corrected chi connectivity index (χ2v) is 5.00. The van der Waals surface area contributed by atoms with Gasteiger partial charge in [-0.05, 0) is 23.6 Å². The molecule has 3 rings (SSSR count). The molecule has 0 aliphatic carbocycles. The van der Waals surface area contributed by atoms with Crippen molar-refractivity contribution in [2.45, 2.75) is 0 Å². The van der Waals surface area contributed by atoms with Crippen LogP contribution in [-0.4, -0.2) is 4.57 Å². The molecule has 0 aliphatic heterocycles. The van der Waals surface area contributed by atoms with Gasteiger partial charge in [0.15, 0.2) is 0 Å². The van der Waals surface area contributed by atoms with Crippen LogP contribution in [0.3, 0.4) is 0 Å². The summed E-state index contributed by atoms with van der Waals surface area (Å²) in [6.45, 7) is 0. The second-order valence-electron chi connectivity index (χ2n) is 4.15. The van der Waals surface area contributed by atoms with Crippen molar-refractivity contribution in [2.75, 3.05) is 0 Å². The molecule has 2 heteroatoms. The zero-order valence-corrected chi connectivity index (χ0v) is 11.1. The number of hydrogen-bond donors (Lipinski definition) is 0. The number of aromatic nitrogens is 1. The molecule has 0 bridgehead atoms. The average Bonchev–Trinajstić information content (AvgIpc) is 2.75. The Balaban J connectivity index is 2.41. The van der Waals surface area contributed by atoms with Crippen molar-refractivity contribution >= 4 is 26.7 Å². The maximum Gasteiger partial charge on any atom is 0.0484 e. The number of aryl methyl sites for hydroxylation is 1. The third-order valence-electron chi connectivity index (χ3n) is 3.07. The molecule has 1 aromatic heterocycles. The van der Waals surface area contributed by atoms with Crippen molar-refractivity contribution in [1.29, 1.82) is 0 Å². The first kappa shape index (κ1) is 10.6. The summed E-state index contributed by atoms with van der Waals surface area (Å²) in [6, 6.07) is 17.0.